The molecule has 0 spiro atoms. The summed E-state index contributed by atoms with van der Waals surface area (Å²) in [6.07, 6.45) is 2.46. The summed E-state index contributed by atoms with van der Waals surface area (Å²) in [7, 11) is 0. The molecular formula is C14H20O2. The minimum Gasteiger partial charge on any atom is -0.390 e. The largest absolute Gasteiger partial charge is 0.390 e. The molecule has 88 valence electrons. The number of aliphatic hydroxyl groups is 2. The van der Waals surface area contributed by atoms with Crippen LogP contribution in [0.2, 0.25) is 0 Å². The fourth-order valence-electron chi connectivity index (χ4n) is 1.71. The molecule has 2 heteroatoms. The lowest BCUT2D eigenvalue weighted by atomic mass is 9.90. The van der Waals surface area contributed by atoms with Crippen LogP contribution < -0.4 is 0 Å². The van der Waals surface area contributed by atoms with Gasteiger partial charge in [-0.25, -0.2) is 0 Å². The molecule has 0 heterocycles. The van der Waals surface area contributed by atoms with Gasteiger partial charge in [-0.2, -0.15) is 0 Å². The molecule has 0 amide bonds. The SMILES string of the molecule is C=C[C@@](O)(CC)[C@H](O)CCc1ccccc1. The van der Waals surface area contributed by atoms with Gasteiger partial charge >= 0.3 is 0 Å². The van der Waals surface area contributed by atoms with Crippen molar-refractivity contribution >= 4 is 0 Å². The van der Waals surface area contributed by atoms with Gasteiger partial charge in [0.1, 0.15) is 5.60 Å². The van der Waals surface area contributed by atoms with Crippen LogP contribution in [-0.4, -0.2) is 21.9 Å². The van der Waals surface area contributed by atoms with Crippen LogP contribution in [0, 0.1) is 0 Å². The number of aryl methyl sites for hydroxylation is 1. The second-order valence-corrected chi connectivity index (χ2v) is 4.09. The van der Waals surface area contributed by atoms with Gasteiger partial charge in [0.05, 0.1) is 6.10 Å². The molecule has 2 atom stereocenters. The molecule has 1 aromatic rings. The Kier molecular flexibility index (Phi) is 4.71. The van der Waals surface area contributed by atoms with Crippen LogP contribution in [0.15, 0.2) is 43.0 Å². The van der Waals surface area contributed by atoms with Crippen LogP contribution >= 0.6 is 0 Å². The van der Waals surface area contributed by atoms with Crippen LogP contribution in [0.25, 0.3) is 0 Å². The Morgan fingerprint density at radius 2 is 2.00 bits per heavy atom. The van der Waals surface area contributed by atoms with Gasteiger partial charge < -0.3 is 10.2 Å². The maximum absolute atomic E-state index is 10.0. The number of hydrogen-bond donors (Lipinski definition) is 2. The Morgan fingerprint density at radius 1 is 1.38 bits per heavy atom. The highest BCUT2D eigenvalue weighted by Gasteiger charge is 2.29. The minimum atomic E-state index is -1.16. The molecule has 0 radical (unpaired) electrons. The summed E-state index contributed by atoms with van der Waals surface area (Å²) >= 11 is 0. The monoisotopic (exact) mass is 220 g/mol. The summed E-state index contributed by atoms with van der Waals surface area (Å²) in [4.78, 5) is 0. The lowest BCUT2D eigenvalue weighted by molar-refractivity contribution is -0.0447. The van der Waals surface area contributed by atoms with Crippen molar-refractivity contribution in [1.82, 2.24) is 0 Å². The van der Waals surface area contributed by atoms with Crippen LogP contribution in [-0.2, 0) is 6.42 Å². The topological polar surface area (TPSA) is 40.5 Å². The van der Waals surface area contributed by atoms with E-state index in [2.05, 4.69) is 6.58 Å². The molecule has 0 saturated carbocycles. The Balaban J connectivity index is 2.52. The van der Waals surface area contributed by atoms with E-state index in [9.17, 15) is 10.2 Å². The molecule has 0 saturated heterocycles. The number of benzene rings is 1. The lowest BCUT2D eigenvalue weighted by Crippen LogP contribution is -2.39. The average molecular weight is 220 g/mol. The lowest BCUT2D eigenvalue weighted by Gasteiger charge is -2.28. The third-order valence-corrected chi connectivity index (χ3v) is 3.05. The van der Waals surface area contributed by atoms with Crippen molar-refractivity contribution in [2.75, 3.05) is 0 Å². The molecule has 1 rings (SSSR count). The molecule has 0 bridgehead atoms. The zero-order valence-corrected chi connectivity index (χ0v) is 9.76. The van der Waals surface area contributed by atoms with E-state index >= 15 is 0 Å². The van der Waals surface area contributed by atoms with Gasteiger partial charge in [-0.1, -0.05) is 43.3 Å². The molecule has 1 aromatic carbocycles. The second kappa shape index (κ2) is 5.83. The standard InChI is InChI=1S/C14H20O2/c1-3-14(16,4-2)13(15)11-10-12-8-6-5-7-9-12/h3,5-9,13,15-16H,1,4,10-11H2,2H3/t13-,14-/m1/s1. The molecule has 0 aromatic heterocycles. The fourth-order valence-corrected chi connectivity index (χ4v) is 1.71. The third kappa shape index (κ3) is 3.19. The Bertz CT molecular complexity index is 321. The summed E-state index contributed by atoms with van der Waals surface area (Å²) in [5, 5.41) is 19.9. The summed E-state index contributed by atoms with van der Waals surface area (Å²) in [5.41, 5.74) is 0.0125. The van der Waals surface area contributed by atoms with Crippen molar-refractivity contribution in [3.8, 4) is 0 Å². The second-order valence-electron chi connectivity index (χ2n) is 4.09. The van der Waals surface area contributed by atoms with Crippen LogP contribution in [0.4, 0.5) is 0 Å². The van der Waals surface area contributed by atoms with E-state index < -0.39 is 11.7 Å². The normalized spacial score (nSPS) is 16.4. The maximum Gasteiger partial charge on any atom is 0.108 e. The zero-order chi connectivity index (χ0) is 12.0. The Labute approximate surface area is 97.2 Å². The highest BCUT2D eigenvalue weighted by molar-refractivity contribution is 5.15. The number of hydrogen-bond acceptors (Lipinski definition) is 2. The van der Waals surface area contributed by atoms with Gasteiger partial charge in [0.25, 0.3) is 0 Å². The van der Waals surface area contributed by atoms with Gasteiger partial charge in [0, 0.05) is 0 Å². The molecule has 0 unspecified atom stereocenters. The highest BCUT2D eigenvalue weighted by Crippen LogP contribution is 2.20. The quantitative estimate of drug-likeness (QED) is 0.722. The van der Waals surface area contributed by atoms with Gasteiger partial charge in [0.2, 0.25) is 0 Å². The Hall–Kier alpha value is -1.12. The third-order valence-electron chi connectivity index (χ3n) is 3.05. The van der Waals surface area contributed by atoms with Crippen molar-refractivity contribution in [2.24, 2.45) is 0 Å². The van der Waals surface area contributed by atoms with Crippen molar-refractivity contribution in [1.29, 1.82) is 0 Å². The fraction of sp³-hybridized carbons (Fsp3) is 0.429. The first-order valence-corrected chi connectivity index (χ1v) is 5.70. The summed E-state index contributed by atoms with van der Waals surface area (Å²) in [5.74, 6) is 0. The predicted octanol–water partition coefficient (Wildman–Crippen LogP) is 2.31. The highest BCUT2D eigenvalue weighted by atomic mass is 16.3. The number of aliphatic hydroxyl groups excluding tert-OH is 1. The van der Waals surface area contributed by atoms with Crippen molar-refractivity contribution in [2.45, 2.75) is 37.9 Å². The van der Waals surface area contributed by atoms with Crippen molar-refractivity contribution in [3.63, 3.8) is 0 Å². The van der Waals surface area contributed by atoms with Gasteiger partial charge in [-0.3, -0.25) is 0 Å². The van der Waals surface area contributed by atoms with E-state index in [0.29, 0.717) is 12.8 Å². The summed E-state index contributed by atoms with van der Waals surface area (Å²) < 4.78 is 0. The van der Waals surface area contributed by atoms with Crippen molar-refractivity contribution in [3.05, 3.63) is 48.6 Å². The van der Waals surface area contributed by atoms with Gasteiger partial charge in [0.15, 0.2) is 0 Å². The summed E-state index contributed by atoms with van der Waals surface area (Å²) in [6.45, 7) is 5.41. The van der Waals surface area contributed by atoms with E-state index in [1.54, 1.807) is 0 Å². The van der Waals surface area contributed by atoms with E-state index in [1.165, 1.54) is 11.6 Å². The van der Waals surface area contributed by atoms with Crippen LogP contribution in [0.5, 0.6) is 0 Å². The van der Waals surface area contributed by atoms with Crippen LogP contribution in [0.3, 0.4) is 0 Å². The van der Waals surface area contributed by atoms with Gasteiger partial charge in [-0.05, 0) is 24.8 Å². The average Bonchev–Trinajstić information content (AvgIpc) is 2.36. The molecular weight excluding hydrogens is 200 g/mol. The molecule has 2 nitrogen and oxygen atoms in total. The first-order valence-electron chi connectivity index (χ1n) is 5.70. The maximum atomic E-state index is 10.0. The van der Waals surface area contributed by atoms with E-state index in [1.807, 2.05) is 37.3 Å². The molecule has 0 aliphatic rings. The van der Waals surface area contributed by atoms with Gasteiger partial charge in [-0.15, -0.1) is 6.58 Å². The zero-order valence-electron chi connectivity index (χ0n) is 9.76. The van der Waals surface area contributed by atoms with Crippen molar-refractivity contribution < 1.29 is 10.2 Å². The first-order chi connectivity index (χ1) is 7.62. The molecule has 16 heavy (non-hydrogen) atoms. The molecule has 0 fully saturated rings. The number of rotatable bonds is 6. The molecule has 0 aliphatic heterocycles. The first kappa shape index (κ1) is 12.9. The van der Waals surface area contributed by atoms with E-state index in [-0.39, 0.29) is 0 Å². The smallest absolute Gasteiger partial charge is 0.108 e. The minimum absolute atomic E-state index is 0.479. The Morgan fingerprint density at radius 3 is 2.50 bits per heavy atom. The molecule has 2 N–H and O–H groups in total. The predicted molar refractivity (Wildman–Crippen MR) is 66.2 cm³/mol. The van der Waals surface area contributed by atoms with E-state index in [0.717, 1.165) is 6.42 Å². The van der Waals surface area contributed by atoms with E-state index in [4.69, 9.17) is 0 Å². The van der Waals surface area contributed by atoms with Crippen LogP contribution in [0.1, 0.15) is 25.3 Å². The summed E-state index contributed by atoms with van der Waals surface area (Å²) in [6, 6.07) is 9.95. The molecule has 0 aliphatic carbocycles.